The van der Waals surface area contributed by atoms with Crippen molar-refractivity contribution in [3.8, 4) is 0 Å². The van der Waals surface area contributed by atoms with Crippen molar-refractivity contribution in [3.05, 3.63) is 60.2 Å². The highest BCUT2D eigenvalue weighted by atomic mass is 32.2. The van der Waals surface area contributed by atoms with Gasteiger partial charge >= 0.3 is 0 Å². The third-order valence-electron chi connectivity index (χ3n) is 3.35. The summed E-state index contributed by atoms with van der Waals surface area (Å²) in [5.41, 5.74) is 0.106. The summed E-state index contributed by atoms with van der Waals surface area (Å²) < 4.78 is 27.2. The van der Waals surface area contributed by atoms with Gasteiger partial charge in [-0.15, -0.1) is 0 Å². The van der Waals surface area contributed by atoms with Gasteiger partial charge in [-0.3, -0.25) is 14.3 Å². The number of anilines is 1. The van der Waals surface area contributed by atoms with Gasteiger partial charge in [-0.25, -0.2) is 8.42 Å². The molecule has 0 unspecified atom stereocenters. The van der Waals surface area contributed by atoms with Gasteiger partial charge in [-0.2, -0.15) is 0 Å². The number of sulfonamides is 1. The number of hydrogen-bond donors (Lipinski definition) is 3. The van der Waals surface area contributed by atoms with E-state index >= 15 is 0 Å². The first-order chi connectivity index (χ1) is 12.6. The third-order valence-corrected chi connectivity index (χ3v) is 4.75. The molecule has 0 fully saturated rings. The van der Waals surface area contributed by atoms with Crippen LogP contribution < -0.4 is 15.4 Å². The molecule has 0 heterocycles. The van der Waals surface area contributed by atoms with E-state index in [1.165, 1.54) is 24.3 Å². The minimum atomic E-state index is -3.75. The summed E-state index contributed by atoms with van der Waals surface area (Å²) in [6, 6.07) is 14.0. The number of benzene rings is 2. The lowest BCUT2D eigenvalue weighted by Gasteiger charge is -2.20. The Morgan fingerprint density at radius 2 is 1.63 bits per heavy atom. The summed E-state index contributed by atoms with van der Waals surface area (Å²) in [6.07, 6.45) is 0. The molecule has 2 rings (SSSR count). The highest BCUT2D eigenvalue weighted by Gasteiger charge is 2.16. The maximum absolute atomic E-state index is 12.4. The fourth-order valence-corrected chi connectivity index (χ4v) is 3.33. The zero-order valence-corrected chi connectivity index (χ0v) is 16.3. The highest BCUT2D eigenvalue weighted by Crippen LogP contribution is 2.17. The zero-order valence-electron chi connectivity index (χ0n) is 15.4. The Kier molecular flexibility index (Phi) is 6.22. The summed E-state index contributed by atoms with van der Waals surface area (Å²) in [6.45, 7) is 5.36. The maximum Gasteiger partial charge on any atom is 0.261 e. The Hall–Kier alpha value is -2.87. The summed E-state index contributed by atoms with van der Waals surface area (Å²) in [5, 5.41) is 5.26. The molecule has 0 aliphatic heterocycles. The van der Waals surface area contributed by atoms with E-state index < -0.39 is 21.5 Å². The largest absolute Gasteiger partial charge is 0.350 e. The molecular formula is C19H23N3O4S. The molecule has 0 saturated carbocycles. The van der Waals surface area contributed by atoms with Gasteiger partial charge in [-0.05, 0) is 51.1 Å². The van der Waals surface area contributed by atoms with E-state index in [9.17, 15) is 18.0 Å². The highest BCUT2D eigenvalue weighted by molar-refractivity contribution is 7.92. The minimum Gasteiger partial charge on any atom is -0.350 e. The molecule has 0 aliphatic carbocycles. The molecule has 0 aliphatic rings. The molecule has 0 saturated heterocycles. The number of rotatable bonds is 6. The number of nitrogens with one attached hydrogen (secondary N) is 3. The topological polar surface area (TPSA) is 104 Å². The molecule has 2 aromatic rings. The molecule has 8 heteroatoms. The minimum absolute atomic E-state index is 0.124. The summed E-state index contributed by atoms with van der Waals surface area (Å²) >= 11 is 0. The number of carbonyl (C=O) groups is 2. The monoisotopic (exact) mass is 389 g/mol. The summed E-state index contributed by atoms with van der Waals surface area (Å²) in [5.74, 6) is -0.781. The molecule has 7 nitrogen and oxygen atoms in total. The van der Waals surface area contributed by atoms with Crippen molar-refractivity contribution in [2.24, 2.45) is 0 Å². The molecule has 27 heavy (non-hydrogen) atoms. The second-order valence-corrected chi connectivity index (χ2v) is 8.66. The van der Waals surface area contributed by atoms with Crippen LogP contribution in [-0.4, -0.2) is 32.3 Å². The van der Waals surface area contributed by atoms with Crippen LogP contribution in [0.2, 0.25) is 0 Å². The van der Waals surface area contributed by atoms with Gasteiger partial charge in [0.1, 0.15) is 0 Å². The zero-order chi connectivity index (χ0) is 20.1. The lowest BCUT2D eigenvalue weighted by atomic mass is 10.1. The maximum atomic E-state index is 12.4. The van der Waals surface area contributed by atoms with Crippen molar-refractivity contribution in [1.29, 1.82) is 0 Å². The lowest BCUT2D eigenvalue weighted by molar-refractivity contribution is -0.121. The molecular weight excluding hydrogens is 366 g/mol. The number of hydrogen-bond acceptors (Lipinski definition) is 4. The Morgan fingerprint density at radius 1 is 0.963 bits per heavy atom. The van der Waals surface area contributed by atoms with E-state index in [0.717, 1.165) is 0 Å². The standard InChI is InChI=1S/C19H23N3O4S/c1-19(2,3)21-17(23)13-20-18(24)14-8-7-9-15(12-14)22-27(25,26)16-10-5-4-6-11-16/h4-12,22H,13H2,1-3H3,(H,20,24)(H,21,23). The van der Waals surface area contributed by atoms with Gasteiger partial charge in [0.05, 0.1) is 11.4 Å². The van der Waals surface area contributed by atoms with Crippen molar-refractivity contribution >= 4 is 27.5 Å². The van der Waals surface area contributed by atoms with Crippen LogP contribution in [0.3, 0.4) is 0 Å². The molecule has 144 valence electrons. The molecule has 0 atom stereocenters. The van der Waals surface area contributed by atoms with Crippen LogP contribution in [0.15, 0.2) is 59.5 Å². The van der Waals surface area contributed by atoms with Crippen LogP contribution >= 0.6 is 0 Å². The van der Waals surface area contributed by atoms with Gasteiger partial charge in [0.25, 0.3) is 15.9 Å². The second-order valence-electron chi connectivity index (χ2n) is 6.98. The van der Waals surface area contributed by atoms with Crippen molar-refractivity contribution < 1.29 is 18.0 Å². The van der Waals surface area contributed by atoms with Crippen molar-refractivity contribution in [2.45, 2.75) is 31.2 Å². The SMILES string of the molecule is CC(C)(C)NC(=O)CNC(=O)c1cccc(NS(=O)(=O)c2ccccc2)c1. The van der Waals surface area contributed by atoms with Crippen molar-refractivity contribution in [1.82, 2.24) is 10.6 Å². The van der Waals surface area contributed by atoms with E-state index in [-0.39, 0.29) is 28.6 Å². The first-order valence-electron chi connectivity index (χ1n) is 8.34. The number of carbonyl (C=O) groups excluding carboxylic acids is 2. The molecule has 0 bridgehead atoms. The van der Waals surface area contributed by atoms with Crippen molar-refractivity contribution in [3.63, 3.8) is 0 Å². The second kappa shape index (κ2) is 8.22. The first-order valence-corrected chi connectivity index (χ1v) is 9.82. The Morgan fingerprint density at radius 3 is 2.26 bits per heavy atom. The van der Waals surface area contributed by atoms with Gasteiger partial charge in [0.2, 0.25) is 5.91 Å². The molecule has 2 amide bonds. The van der Waals surface area contributed by atoms with Crippen LogP contribution in [0, 0.1) is 0 Å². The van der Waals surface area contributed by atoms with Gasteiger partial charge < -0.3 is 10.6 Å². The van der Waals surface area contributed by atoms with E-state index in [0.29, 0.717) is 0 Å². The normalized spacial score (nSPS) is 11.5. The number of amides is 2. The molecule has 2 aromatic carbocycles. The van der Waals surface area contributed by atoms with Crippen LogP contribution in [0.4, 0.5) is 5.69 Å². The van der Waals surface area contributed by atoms with E-state index in [4.69, 9.17) is 0 Å². The molecule has 0 aromatic heterocycles. The Labute approximate surface area is 159 Å². The van der Waals surface area contributed by atoms with Gasteiger partial charge in [0.15, 0.2) is 0 Å². The molecule has 0 radical (unpaired) electrons. The van der Waals surface area contributed by atoms with E-state index in [2.05, 4.69) is 15.4 Å². The quantitative estimate of drug-likeness (QED) is 0.704. The van der Waals surface area contributed by atoms with Crippen LogP contribution in [0.25, 0.3) is 0 Å². The summed E-state index contributed by atoms with van der Waals surface area (Å²) in [7, 11) is -3.75. The smallest absolute Gasteiger partial charge is 0.261 e. The average Bonchev–Trinajstić information content (AvgIpc) is 2.59. The Balaban J connectivity index is 2.04. The van der Waals surface area contributed by atoms with Crippen molar-refractivity contribution in [2.75, 3.05) is 11.3 Å². The van der Waals surface area contributed by atoms with Crippen LogP contribution in [-0.2, 0) is 14.8 Å². The molecule has 3 N–H and O–H groups in total. The van der Waals surface area contributed by atoms with E-state index in [1.54, 1.807) is 30.3 Å². The van der Waals surface area contributed by atoms with Gasteiger partial charge in [0, 0.05) is 16.8 Å². The third kappa shape index (κ3) is 6.41. The molecule has 0 spiro atoms. The predicted octanol–water partition coefficient (Wildman–Crippen LogP) is 2.13. The van der Waals surface area contributed by atoms with Crippen LogP contribution in [0.1, 0.15) is 31.1 Å². The van der Waals surface area contributed by atoms with E-state index in [1.807, 2.05) is 20.8 Å². The fourth-order valence-electron chi connectivity index (χ4n) is 2.26. The first kappa shape index (κ1) is 20.4. The fraction of sp³-hybridized carbons (Fsp3) is 0.263. The lowest BCUT2D eigenvalue weighted by Crippen LogP contribution is -2.45. The van der Waals surface area contributed by atoms with Crippen LogP contribution in [0.5, 0.6) is 0 Å². The average molecular weight is 389 g/mol. The van der Waals surface area contributed by atoms with Gasteiger partial charge in [-0.1, -0.05) is 24.3 Å². The Bertz CT molecular complexity index is 919. The predicted molar refractivity (Wildman–Crippen MR) is 104 cm³/mol. The summed E-state index contributed by atoms with van der Waals surface area (Å²) in [4.78, 5) is 24.1.